The number of aromatic nitrogens is 4. The number of benzene rings is 1. The molecule has 10 nitrogen and oxygen atoms in total. The minimum atomic E-state index is -0.870. The van der Waals surface area contributed by atoms with Crippen molar-refractivity contribution in [1.29, 1.82) is 0 Å². The van der Waals surface area contributed by atoms with Crippen molar-refractivity contribution in [3.63, 3.8) is 0 Å². The number of nitrogens with zero attached hydrogens (tertiary/aromatic N) is 5. The van der Waals surface area contributed by atoms with Crippen molar-refractivity contribution < 1.29 is 23.1 Å². The van der Waals surface area contributed by atoms with Crippen LogP contribution in [0.3, 0.4) is 0 Å². The van der Waals surface area contributed by atoms with Gasteiger partial charge in [0.2, 0.25) is 5.91 Å². The number of hydrogen-bond donors (Lipinski definition) is 2. The van der Waals surface area contributed by atoms with Crippen LogP contribution in [-0.4, -0.2) is 69.4 Å². The second kappa shape index (κ2) is 10.1. The number of fused-ring (bicyclic) bond motifs is 1. The number of rotatable bonds is 7. The predicted octanol–water partition coefficient (Wildman–Crippen LogP) is 2.44. The molecule has 1 saturated carbocycles. The SMILES string of the molecule is C=CC(=O)N1C[C@@H](n2nc(C#Cc3c(F)cc4c(nc(C5CC5)n4C)c3F)c(C(N)=O)c2NC)C[C@@H]1COC. The van der Waals surface area contributed by atoms with Gasteiger partial charge in [-0.25, -0.2) is 18.4 Å². The molecule has 0 bridgehead atoms. The summed E-state index contributed by atoms with van der Waals surface area (Å²) in [5.74, 6) is 3.65. The summed E-state index contributed by atoms with van der Waals surface area (Å²) in [6.07, 6.45) is 3.64. The summed E-state index contributed by atoms with van der Waals surface area (Å²) < 4.78 is 39.0. The summed E-state index contributed by atoms with van der Waals surface area (Å²) >= 11 is 0. The minimum Gasteiger partial charge on any atom is -0.383 e. The first-order chi connectivity index (χ1) is 18.7. The highest BCUT2D eigenvalue weighted by Crippen LogP contribution is 2.41. The maximum atomic E-state index is 15.4. The van der Waals surface area contributed by atoms with Crippen molar-refractivity contribution in [3.8, 4) is 11.8 Å². The van der Waals surface area contributed by atoms with E-state index in [1.165, 1.54) is 12.1 Å². The van der Waals surface area contributed by atoms with Gasteiger partial charge in [-0.1, -0.05) is 12.5 Å². The maximum absolute atomic E-state index is 15.4. The van der Waals surface area contributed by atoms with Crippen LogP contribution in [-0.2, 0) is 16.6 Å². The Kier molecular flexibility index (Phi) is 6.86. The summed E-state index contributed by atoms with van der Waals surface area (Å²) in [5, 5.41) is 7.43. The number of primary amides is 1. The van der Waals surface area contributed by atoms with Gasteiger partial charge in [0, 0.05) is 39.7 Å². The summed E-state index contributed by atoms with van der Waals surface area (Å²) in [5.41, 5.74) is 5.54. The minimum absolute atomic E-state index is 0.0162. The third kappa shape index (κ3) is 4.52. The highest BCUT2D eigenvalue weighted by atomic mass is 19.1. The molecule has 5 rings (SSSR count). The average Bonchev–Trinajstić information content (AvgIpc) is 3.42. The van der Waals surface area contributed by atoms with Crippen molar-refractivity contribution in [1.82, 2.24) is 24.2 Å². The highest BCUT2D eigenvalue weighted by molar-refractivity contribution is 6.00. The molecule has 0 spiro atoms. The first-order valence-electron chi connectivity index (χ1n) is 12.6. The zero-order valence-corrected chi connectivity index (χ0v) is 21.9. The molecule has 39 heavy (non-hydrogen) atoms. The zero-order valence-electron chi connectivity index (χ0n) is 21.9. The molecular formula is C27H29F2N7O3. The molecule has 1 aliphatic carbocycles. The topological polar surface area (TPSA) is 120 Å². The molecule has 2 aliphatic rings. The zero-order chi connectivity index (χ0) is 28.0. The van der Waals surface area contributed by atoms with Crippen molar-refractivity contribution >= 4 is 28.7 Å². The Bertz CT molecular complexity index is 1560. The molecule has 2 amide bonds. The van der Waals surface area contributed by atoms with Crippen LogP contribution < -0.4 is 11.1 Å². The summed E-state index contributed by atoms with van der Waals surface area (Å²) in [7, 11) is 4.88. The van der Waals surface area contributed by atoms with Crippen LogP contribution in [0, 0.1) is 23.5 Å². The van der Waals surface area contributed by atoms with Crippen molar-refractivity contribution in [3.05, 3.63) is 53.0 Å². The summed E-state index contributed by atoms with van der Waals surface area (Å²) in [6, 6.07) is 0.636. The fourth-order valence-corrected chi connectivity index (χ4v) is 5.28. The number of imidazole rings is 1. The van der Waals surface area contributed by atoms with Gasteiger partial charge in [-0.3, -0.25) is 9.59 Å². The standard InChI is InChI=1S/C27H29F2N7O3/c1-5-21(37)35-12-15(10-16(35)13-39-4)36-27(31-2)22(25(30)38)19(33-36)9-8-17-18(28)11-20-24(23(17)29)32-26(34(20)3)14-6-7-14/h5,11,14-16,31H,1,6-7,10,12-13H2,2-4H3,(H2,30,38)/t15-,16+/m0/s1. The smallest absolute Gasteiger partial charge is 0.255 e. The molecule has 1 aliphatic heterocycles. The molecule has 2 atom stereocenters. The molecular weight excluding hydrogens is 508 g/mol. The second-order valence-electron chi connectivity index (χ2n) is 9.79. The number of carbonyl (C=O) groups excluding carboxylic acids is 2. The Balaban J connectivity index is 1.56. The molecule has 3 aromatic rings. The van der Waals surface area contributed by atoms with Gasteiger partial charge in [0.15, 0.2) is 11.5 Å². The normalized spacial score (nSPS) is 18.7. The Hall–Kier alpha value is -4.24. The van der Waals surface area contributed by atoms with E-state index in [9.17, 15) is 9.59 Å². The van der Waals surface area contributed by atoms with E-state index < -0.39 is 23.1 Å². The van der Waals surface area contributed by atoms with Crippen molar-refractivity contribution in [2.24, 2.45) is 12.8 Å². The van der Waals surface area contributed by atoms with Crippen molar-refractivity contribution in [2.75, 3.05) is 32.6 Å². The third-order valence-corrected chi connectivity index (χ3v) is 7.30. The van der Waals surface area contributed by atoms with E-state index in [-0.39, 0.29) is 53.0 Å². The van der Waals surface area contributed by atoms with E-state index in [1.54, 1.807) is 35.4 Å². The molecule has 204 valence electrons. The van der Waals surface area contributed by atoms with Gasteiger partial charge >= 0.3 is 0 Å². The molecule has 1 saturated heterocycles. The van der Waals surface area contributed by atoms with Crippen LogP contribution in [0.1, 0.15) is 58.7 Å². The van der Waals surface area contributed by atoms with Gasteiger partial charge in [0.1, 0.15) is 28.5 Å². The maximum Gasteiger partial charge on any atom is 0.255 e. The van der Waals surface area contributed by atoms with Crippen LogP contribution in [0.15, 0.2) is 18.7 Å². The van der Waals surface area contributed by atoms with E-state index in [4.69, 9.17) is 10.5 Å². The largest absolute Gasteiger partial charge is 0.383 e. The monoisotopic (exact) mass is 537 g/mol. The Morgan fingerprint density at radius 1 is 1.33 bits per heavy atom. The van der Waals surface area contributed by atoms with E-state index >= 15 is 8.78 Å². The van der Waals surface area contributed by atoms with Gasteiger partial charge in [0.25, 0.3) is 5.91 Å². The van der Waals surface area contributed by atoms with Gasteiger partial charge in [-0.15, -0.1) is 0 Å². The number of anilines is 1. The number of aryl methyl sites for hydroxylation is 1. The molecule has 3 heterocycles. The predicted molar refractivity (Wildman–Crippen MR) is 140 cm³/mol. The van der Waals surface area contributed by atoms with E-state index in [0.717, 1.165) is 12.8 Å². The molecule has 0 radical (unpaired) electrons. The number of likely N-dealkylation sites (tertiary alicyclic amines) is 1. The van der Waals surface area contributed by atoms with Gasteiger partial charge in [0.05, 0.1) is 29.8 Å². The van der Waals surface area contributed by atoms with Crippen LogP contribution in [0.4, 0.5) is 14.6 Å². The van der Waals surface area contributed by atoms with E-state index in [2.05, 4.69) is 33.8 Å². The Morgan fingerprint density at radius 3 is 2.69 bits per heavy atom. The number of nitrogens with one attached hydrogen (secondary N) is 1. The number of nitrogens with two attached hydrogens (primary N) is 1. The van der Waals surface area contributed by atoms with Crippen LogP contribution in [0.2, 0.25) is 0 Å². The Morgan fingerprint density at radius 2 is 2.08 bits per heavy atom. The van der Waals surface area contributed by atoms with Crippen molar-refractivity contribution in [2.45, 2.75) is 37.3 Å². The summed E-state index contributed by atoms with van der Waals surface area (Å²) in [6.45, 7) is 4.15. The quantitative estimate of drug-likeness (QED) is 0.353. The molecule has 0 unspecified atom stereocenters. The lowest BCUT2D eigenvalue weighted by atomic mass is 10.1. The molecule has 3 N–H and O–H groups in total. The number of ether oxygens (including phenoxy) is 1. The van der Waals surface area contributed by atoms with E-state index in [0.29, 0.717) is 24.4 Å². The fourth-order valence-electron chi connectivity index (χ4n) is 5.28. The lowest BCUT2D eigenvalue weighted by Crippen LogP contribution is -2.37. The average molecular weight is 538 g/mol. The molecule has 2 aromatic heterocycles. The first kappa shape index (κ1) is 26.4. The number of halogens is 2. The van der Waals surface area contributed by atoms with Gasteiger partial charge in [-0.05, 0) is 31.3 Å². The Labute approximate surface area is 223 Å². The van der Waals surface area contributed by atoms with Crippen LogP contribution in [0.25, 0.3) is 11.0 Å². The lowest BCUT2D eigenvalue weighted by Gasteiger charge is -2.22. The first-order valence-corrected chi connectivity index (χ1v) is 12.6. The number of hydrogen-bond acceptors (Lipinski definition) is 6. The second-order valence-corrected chi connectivity index (χ2v) is 9.79. The number of carbonyl (C=O) groups is 2. The molecule has 1 aromatic carbocycles. The van der Waals surface area contributed by atoms with Gasteiger partial charge in [-0.2, -0.15) is 5.10 Å². The lowest BCUT2D eigenvalue weighted by molar-refractivity contribution is -0.127. The number of methoxy groups -OCH3 is 1. The van der Waals surface area contributed by atoms with Crippen LogP contribution in [0.5, 0.6) is 0 Å². The van der Waals surface area contributed by atoms with Crippen LogP contribution >= 0.6 is 0 Å². The highest BCUT2D eigenvalue weighted by Gasteiger charge is 2.38. The number of amides is 2. The third-order valence-electron chi connectivity index (χ3n) is 7.30. The summed E-state index contributed by atoms with van der Waals surface area (Å²) in [4.78, 5) is 30.9. The van der Waals surface area contributed by atoms with Gasteiger partial charge < -0.3 is 25.3 Å². The fraction of sp³-hybridized carbons (Fsp3) is 0.407. The van der Waals surface area contributed by atoms with E-state index in [1.807, 2.05) is 0 Å². The molecule has 12 heteroatoms. The molecule has 2 fully saturated rings.